The van der Waals surface area contributed by atoms with Crippen LogP contribution < -0.4 is 5.32 Å². The molecule has 15 nitrogen and oxygen atoms in total. The van der Waals surface area contributed by atoms with Crippen LogP contribution in [0, 0.1) is 0 Å². The maximum absolute atomic E-state index is 11.3. The molecule has 30 heavy (non-hydrogen) atoms. The number of amides is 1. The summed E-state index contributed by atoms with van der Waals surface area (Å²) in [6.45, 7) is 0.236. The van der Waals surface area contributed by atoms with E-state index in [1.807, 2.05) is 0 Å². The molecular formula is C14H21NO14S. The van der Waals surface area contributed by atoms with E-state index in [0.29, 0.717) is 6.08 Å². The Morgan fingerprint density at radius 2 is 1.87 bits per heavy atom. The lowest BCUT2D eigenvalue weighted by Gasteiger charge is -2.44. The standard InChI is InChI=1S/C14H21NO14S/c1-4(17)15-8-9(19)11(7(3-16)26-13(8)22)28-14-10(29-30(23,24)25)5(18)2-6(27-14)12(20)21/h2,5,7-11,13-14,16,18-19,22H,3H2,1H3,(H,15,17)(H,20,21)(H,23,24,25)/t5-,7+,8+,9+,10+,11?,13?,14-/m0/s1. The fraction of sp³-hybridized carbons (Fsp3) is 0.714. The molecule has 0 saturated carbocycles. The molecule has 7 N–H and O–H groups in total. The van der Waals surface area contributed by atoms with Gasteiger partial charge in [0.1, 0.15) is 30.5 Å². The van der Waals surface area contributed by atoms with Crippen LogP contribution in [0.15, 0.2) is 11.8 Å². The maximum atomic E-state index is 11.3. The van der Waals surface area contributed by atoms with Gasteiger partial charge in [-0.2, -0.15) is 8.42 Å². The van der Waals surface area contributed by atoms with Gasteiger partial charge < -0.3 is 45.1 Å². The van der Waals surface area contributed by atoms with E-state index < -0.39 is 83.8 Å². The van der Waals surface area contributed by atoms with Gasteiger partial charge in [0.2, 0.25) is 18.0 Å². The van der Waals surface area contributed by atoms with Crippen LogP contribution in [-0.4, -0.2) is 106 Å². The predicted molar refractivity (Wildman–Crippen MR) is 89.5 cm³/mol. The molecule has 0 aromatic heterocycles. The molecule has 2 heterocycles. The van der Waals surface area contributed by atoms with Crippen LogP contribution in [0.5, 0.6) is 0 Å². The molecule has 172 valence electrons. The fourth-order valence-electron chi connectivity index (χ4n) is 2.91. The number of carbonyl (C=O) groups excluding carboxylic acids is 1. The summed E-state index contributed by atoms with van der Waals surface area (Å²) in [5.41, 5.74) is 0. The number of rotatable bonds is 7. The second-order valence-corrected chi connectivity index (χ2v) is 7.41. The number of ether oxygens (including phenoxy) is 3. The molecule has 0 aliphatic carbocycles. The molecule has 2 rings (SSSR count). The van der Waals surface area contributed by atoms with E-state index in [2.05, 4.69) is 9.50 Å². The number of carboxylic acid groups (broad SMARTS) is 1. The lowest BCUT2D eigenvalue weighted by molar-refractivity contribution is -0.304. The number of carbonyl (C=O) groups is 2. The second kappa shape index (κ2) is 9.50. The minimum atomic E-state index is -5.17. The van der Waals surface area contributed by atoms with Gasteiger partial charge in [-0.05, 0) is 6.08 Å². The zero-order chi connectivity index (χ0) is 22.8. The number of hydrogen-bond acceptors (Lipinski definition) is 12. The van der Waals surface area contributed by atoms with Crippen molar-refractivity contribution in [3.63, 3.8) is 0 Å². The van der Waals surface area contributed by atoms with Crippen LogP contribution in [0.4, 0.5) is 0 Å². The van der Waals surface area contributed by atoms with Crippen molar-refractivity contribution in [2.45, 2.75) is 56.1 Å². The highest BCUT2D eigenvalue weighted by Gasteiger charge is 2.50. The third kappa shape index (κ3) is 5.84. The number of aliphatic hydroxyl groups is 4. The molecule has 0 spiro atoms. The van der Waals surface area contributed by atoms with Crippen molar-refractivity contribution in [2.24, 2.45) is 0 Å². The quantitative estimate of drug-likeness (QED) is 0.179. The number of aliphatic carboxylic acids is 1. The largest absolute Gasteiger partial charge is 0.475 e. The number of aliphatic hydroxyl groups excluding tert-OH is 4. The zero-order valence-corrected chi connectivity index (χ0v) is 16.1. The minimum Gasteiger partial charge on any atom is -0.475 e. The molecule has 2 aliphatic rings. The van der Waals surface area contributed by atoms with E-state index in [9.17, 15) is 38.4 Å². The first-order valence-corrected chi connectivity index (χ1v) is 9.71. The number of hydrogen-bond donors (Lipinski definition) is 7. The topological polar surface area (TPSA) is 239 Å². The first kappa shape index (κ1) is 24.4. The van der Waals surface area contributed by atoms with Gasteiger partial charge in [-0.1, -0.05) is 0 Å². The van der Waals surface area contributed by atoms with E-state index in [1.165, 1.54) is 0 Å². The first-order chi connectivity index (χ1) is 13.8. The van der Waals surface area contributed by atoms with Crippen LogP contribution in [0.3, 0.4) is 0 Å². The van der Waals surface area contributed by atoms with E-state index >= 15 is 0 Å². The molecule has 0 aromatic carbocycles. The molecule has 1 fully saturated rings. The summed E-state index contributed by atoms with van der Waals surface area (Å²) in [4.78, 5) is 22.5. The van der Waals surface area contributed by atoms with Gasteiger partial charge in [-0.15, -0.1) is 0 Å². The van der Waals surface area contributed by atoms with Crippen molar-refractivity contribution in [1.82, 2.24) is 5.32 Å². The molecule has 0 bridgehead atoms. The molecule has 1 saturated heterocycles. The fourth-order valence-corrected chi connectivity index (χ4v) is 3.39. The van der Waals surface area contributed by atoms with Crippen molar-refractivity contribution in [2.75, 3.05) is 6.61 Å². The summed E-state index contributed by atoms with van der Waals surface area (Å²) in [5, 5.41) is 51.1. The summed E-state index contributed by atoms with van der Waals surface area (Å²) in [6, 6.07) is -1.46. The molecule has 8 atom stereocenters. The van der Waals surface area contributed by atoms with Gasteiger partial charge >= 0.3 is 16.4 Å². The van der Waals surface area contributed by atoms with Crippen molar-refractivity contribution in [1.29, 1.82) is 0 Å². The maximum Gasteiger partial charge on any atom is 0.397 e. The Morgan fingerprint density at radius 3 is 2.37 bits per heavy atom. The Bertz CT molecular complexity index is 784. The van der Waals surface area contributed by atoms with Crippen LogP contribution in [0.2, 0.25) is 0 Å². The molecule has 2 aliphatic heterocycles. The average Bonchev–Trinajstić information content (AvgIpc) is 2.61. The van der Waals surface area contributed by atoms with Crippen LogP contribution in [0.1, 0.15) is 6.92 Å². The highest BCUT2D eigenvalue weighted by atomic mass is 32.3. The summed E-state index contributed by atoms with van der Waals surface area (Å²) in [5.74, 6) is -3.21. The Hall–Kier alpha value is -1.89. The van der Waals surface area contributed by atoms with Crippen molar-refractivity contribution < 1.29 is 66.5 Å². The van der Waals surface area contributed by atoms with E-state index in [0.717, 1.165) is 6.92 Å². The van der Waals surface area contributed by atoms with Gasteiger partial charge in [0.15, 0.2) is 12.4 Å². The zero-order valence-electron chi connectivity index (χ0n) is 15.3. The molecular weight excluding hydrogens is 438 g/mol. The first-order valence-electron chi connectivity index (χ1n) is 8.34. The Balaban J connectivity index is 2.33. The normalized spacial score (nSPS) is 37.1. The van der Waals surface area contributed by atoms with E-state index in [-0.39, 0.29) is 0 Å². The van der Waals surface area contributed by atoms with Crippen molar-refractivity contribution >= 4 is 22.3 Å². The average molecular weight is 459 g/mol. The highest BCUT2D eigenvalue weighted by molar-refractivity contribution is 7.80. The van der Waals surface area contributed by atoms with Gasteiger partial charge in [-0.25, -0.2) is 8.98 Å². The number of nitrogens with one attached hydrogen (secondary N) is 1. The van der Waals surface area contributed by atoms with Crippen LogP contribution in [0.25, 0.3) is 0 Å². The number of carboxylic acids is 1. The third-order valence-corrected chi connectivity index (χ3v) is 4.61. The smallest absolute Gasteiger partial charge is 0.397 e. The second-order valence-electron chi connectivity index (χ2n) is 6.37. The van der Waals surface area contributed by atoms with Crippen LogP contribution in [-0.2, 0) is 38.4 Å². The van der Waals surface area contributed by atoms with Crippen molar-refractivity contribution in [3.05, 3.63) is 11.8 Å². The Morgan fingerprint density at radius 1 is 1.23 bits per heavy atom. The lowest BCUT2D eigenvalue weighted by atomic mass is 9.96. The van der Waals surface area contributed by atoms with Crippen molar-refractivity contribution in [3.8, 4) is 0 Å². The summed E-state index contributed by atoms with van der Waals surface area (Å²) in [7, 11) is -5.17. The Kier molecular flexibility index (Phi) is 7.72. The van der Waals surface area contributed by atoms with E-state index in [4.69, 9.17) is 23.9 Å². The SMILES string of the molecule is CC(=O)N[C@H]1C(O)O[C@H](CO)C(O[C@@H]2OC(C(=O)O)=C[C@H](O)[C@H]2OS(=O)(=O)O)[C@@H]1O. The summed E-state index contributed by atoms with van der Waals surface area (Å²) < 4.78 is 50.7. The minimum absolute atomic E-state index is 0.583. The predicted octanol–water partition coefficient (Wildman–Crippen LogP) is -4.18. The molecule has 2 unspecified atom stereocenters. The lowest BCUT2D eigenvalue weighted by Crippen LogP contribution is -2.66. The van der Waals surface area contributed by atoms with E-state index in [1.54, 1.807) is 0 Å². The Labute approximate surface area is 169 Å². The summed E-state index contributed by atoms with van der Waals surface area (Å²) >= 11 is 0. The van der Waals surface area contributed by atoms with Crippen LogP contribution >= 0.6 is 0 Å². The molecule has 16 heteroatoms. The molecule has 0 radical (unpaired) electrons. The highest BCUT2D eigenvalue weighted by Crippen LogP contribution is 2.29. The molecule has 0 aromatic rings. The van der Waals surface area contributed by atoms with Gasteiger partial charge in [0.05, 0.1) is 6.61 Å². The summed E-state index contributed by atoms with van der Waals surface area (Å²) in [6.07, 6.45) is -12.1. The monoisotopic (exact) mass is 459 g/mol. The van der Waals surface area contributed by atoms with Gasteiger partial charge in [0, 0.05) is 6.92 Å². The molecule has 1 amide bonds. The third-order valence-electron chi connectivity index (χ3n) is 4.15. The van der Waals surface area contributed by atoms with Gasteiger partial charge in [-0.3, -0.25) is 9.35 Å². The van der Waals surface area contributed by atoms with Gasteiger partial charge in [0.25, 0.3) is 0 Å².